The van der Waals surface area contributed by atoms with E-state index in [9.17, 15) is 0 Å². The molecule has 0 spiro atoms. The molecule has 0 heterocycles. The highest BCUT2D eigenvalue weighted by Gasteiger charge is 2.14. The molecule has 110 valence electrons. The molecule has 0 bridgehead atoms. The van der Waals surface area contributed by atoms with E-state index in [4.69, 9.17) is 0 Å². The molecule has 1 atom stereocenters. The van der Waals surface area contributed by atoms with Crippen LogP contribution in [0.15, 0.2) is 42.5 Å². The second-order valence-electron chi connectivity index (χ2n) is 6.37. The number of hydrogen-bond donors (Lipinski definition) is 0. The van der Waals surface area contributed by atoms with E-state index in [2.05, 4.69) is 65.3 Å². The molecule has 0 radical (unpaired) electrons. The Hall–Kier alpha value is -1.08. The highest BCUT2D eigenvalue weighted by atomic mass is 79.9. The summed E-state index contributed by atoms with van der Waals surface area (Å²) in [5, 5.41) is 1.07. The summed E-state index contributed by atoms with van der Waals surface area (Å²) < 4.78 is 0. The topological polar surface area (TPSA) is 0 Å². The van der Waals surface area contributed by atoms with E-state index in [1.54, 1.807) is 11.1 Å². The Labute approximate surface area is 136 Å². The van der Waals surface area contributed by atoms with Gasteiger partial charge in [0.05, 0.1) is 0 Å². The van der Waals surface area contributed by atoms with Gasteiger partial charge in [-0.15, -0.1) is 0 Å². The van der Waals surface area contributed by atoms with Gasteiger partial charge >= 0.3 is 0 Å². The lowest BCUT2D eigenvalue weighted by Gasteiger charge is -2.15. The first-order valence-electron chi connectivity index (χ1n) is 7.97. The minimum Gasteiger partial charge on any atom is -0.0925 e. The largest absolute Gasteiger partial charge is 0.0925 e. The van der Waals surface area contributed by atoms with Crippen LogP contribution in [-0.4, -0.2) is 5.33 Å². The van der Waals surface area contributed by atoms with E-state index in [1.165, 1.54) is 42.4 Å². The van der Waals surface area contributed by atoms with Gasteiger partial charge < -0.3 is 0 Å². The van der Waals surface area contributed by atoms with Crippen molar-refractivity contribution in [3.05, 3.63) is 70.3 Å². The van der Waals surface area contributed by atoms with Gasteiger partial charge in [0.25, 0.3) is 0 Å². The zero-order valence-electron chi connectivity index (χ0n) is 12.7. The van der Waals surface area contributed by atoms with E-state index in [-0.39, 0.29) is 0 Å². The van der Waals surface area contributed by atoms with Crippen molar-refractivity contribution >= 4 is 15.9 Å². The maximum Gasteiger partial charge on any atom is 0.00660 e. The number of alkyl halides is 1. The molecular weight excluding hydrogens is 320 g/mol. The van der Waals surface area contributed by atoms with Crippen molar-refractivity contribution in [3.63, 3.8) is 0 Å². The van der Waals surface area contributed by atoms with Gasteiger partial charge in [-0.05, 0) is 67.2 Å². The molecule has 0 aliphatic heterocycles. The Kier molecular flexibility index (Phi) is 4.80. The third kappa shape index (κ3) is 3.77. The smallest absolute Gasteiger partial charge is 0.00660 e. The van der Waals surface area contributed by atoms with Crippen LogP contribution in [0.5, 0.6) is 0 Å². The summed E-state index contributed by atoms with van der Waals surface area (Å²) in [5.74, 6) is 0.673. The van der Waals surface area contributed by atoms with Crippen LogP contribution < -0.4 is 0 Å². The number of hydrogen-bond acceptors (Lipinski definition) is 0. The molecule has 0 saturated heterocycles. The van der Waals surface area contributed by atoms with Gasteiger partial charge in [-0.2, -0.15) is 0 Å². The number of halogens is 1. The highest BCUT2D eigenvalue weighted by molar-refractivity contribution is 9.09. The van der Waals surface area contributed by atoms with Crippen molar-refractivity contribution in [1.82, 2.24) is 0 Å². The zero-order valence-corrected chi connectivity index (χ0v) is 14.3. The lowest BCUT2D eigenvalue weighted by Crippen LogP contribution is -2.10. The lowest BCUT2D eigenvalue weighted by molar-refractivity contribution is 0.591. The minimum absolute atomic E-state index is 0.673. The van der Waals surface area contributed by atoms with Crippen molar-refractivity contribution in [2.45, 2.75) is 39.0 Å². The molecule has 1 aliphatic carbocycles. The maximum absolute atomic E-state index is 3.71. The first-order chi connectivity index (χ1) is 10.2. The third-order valence-corrected chi connectivity index (χ3v) is 5.47. The van der Waals surface area contributed by atoms with Gasteiger partial charge in [0.15, 0.2) is 0 Å². The van der Waals surface area contributed by atoms with E-state index in [0.29, 0.717) is 5.92 Å². The summed E-state index contributed by atoms with van der Waals surface area (Å²) >= 11 is 3.71. The van der Waals surface area contributed by atoms with Crippen LogP contribution in [0.1, 0.15) is 34.2 Å². The third-order valence-electron chi connectivity index (χ3n) is 4.55. The fraction of sp³-hybridized carbons (Fsp3) is 0.400. The minimum atomic E-state index is 0.673. The quantitative estimate of drug-likeness (QED) is 0.648. The molecule has 0 saturated carbocycles. The summed E-state index contributed by atoms with van der Waals surface area (Å²) in [4.78, 5) is 0. The Morgan fingerprint density at radius 1 is 0.905 bits per heavy atom. The van der Waals surface area contributed by atoms with Gasteiger partial charge in [0.1, 0.15) is 0 Å². The predicted molar refractivity (Wildman–Crippen MR) is 94.3 cm³/mol. The number of rotatable bonds is 5. The molecule has 1 aliphatic rings. The van der Waals surface area contributed by atoms with Crippen molar-refractivity contribution < 1.29 is 0 Å². The summed E-state index contributed by atoms with van der Waals surface area (Å²) in [6.45, 7) is 2.15. The van der Waals surface area contributed by atoms with Crippen LogP contribution in [0, 0.1) is 12.8 Å². The Morgan fingerprint density at radius 2 is 1.57 bits per heavy atom. The normalized spacial score (nSPS) is 15.0. The average Bonchev–Trinajstić information content (AvgIpc) is 2.96. The SMILES string of the molecule is Cc1ccc(CC(CBr)Cc2ccc3c(c2)CCC3)cc1. The number of benzene rings is 2. The molecular formula is C20H23Br. The van der Waals surface area contributed by atoms with Crippen molar-refractivity contribution in [2.24, 2.45) is 5.92 Å². The van der Waals surface area contributed by atoms with Crippen molar-refractivity contribution in [2.75, 3.05) is 5.33 Å². The second-order valence-corrected chi connectivity index (χ2v) is 7.02. The van der Waals surface area contributed by atoms with E-state index < -0.39 is 0 Å². The first-order valence-corrected chi connectivity index (χ1v) is 9.09. The van der Waals surface area contributed by atoms with Crippen LogP contribution in [0.25, 0.3) is 0 Å². The Balaban J connectivity index is 1.68. The molecule has 0 amide bonds. The van der Waals surface area contributed by atoms with Gasteiger partial charge in [0, 0.05) is 5.33 Å². The van der Waals surface area contributed by atoms with E-state index in [0.717, 1.165) is 11.8 Å². The Bertz CT molecular complexity index is 598. The van der Waals surface area contributed by atoms with Crippen LogP contribution in [0.2, 0.25) is 0 Å². The van der Waals surface area contributed by atoms with Crippen molar-refractivity contribution in [1.29, 1.82) is 0 Å². The van der Waals surface area contributed by atoms with Gasteiger partial charge in [-0.3, -0.25) is 0 Å². The van der Waals surface area contributed by atoms with Gasteiger partial charge in [-0.1, -0.05) is 64.0 Å². The highest BCUT2D eigenvalue weighted by Crippen LogP contribution is 2.25. The molecule has 1 unspecified atom stereocenters. The molecule has 21 heavy (non-hydrogen) atoms. The molecule has 1 heteroatoms. The van der Waals surface area contributed by atoms with E-state index >= 15 is 0 Å². The van der Waals surface area contributed by atoms with Crippen molar-refractivity contribution in [3.8, 4) is 0 Å². The Morgan fingerprint density at radius 3 is 2.33 bits per heavy atom. The molecule has 0 N–H and O–H groups in total. The molecule has 0 fully saturated rings. The maximum atomic E-state index is 3.71. The lowest BCUT2D eigenvalue weighted by atomic mass is 9.92. The second kappa shape index (κ2) is 6.79. The van der Waals surface area contributed by atoms with Gasteiger partial charge in [0.2, 0.25) is 0 Å². The molecule has 0 aromatic heterocycles. The van der Waals surface area contributed by atoms with Gasteiger partial charge in [-0.25, -0.2) is 0 Å². The molecule has 0 nitrogen and oxygen atoms in total. The van der Waals surface area contributed by atoms with Crippen LogP contribution >= 0.6 is 15.9 Å². The summed E-state index contributed by atoms with van der Waals surface area (Å²) in [6, 6.07) is 16.1. The van der Waals surface area contributed by atoms with E-state index in [1.807, 2.05) is 0 Å². The standard InChI is InChI=1S/C20H23Br/c1-15-5-7-16(8-6-15)11-18(14-21)12-17-9-10-19-3-2-4-20(19)13-17/h5-10,13,18H,2-4,11-12,14H2,1H3. The molecule has 2 aromatic rings. The van der Waals surface area contributed by atoms with Crippen LogP contribution in [0.4, 0.5) is 0 Å². The number of fused-ring (bicyclic) bond motifs is 1. The summed E-state index contributed by atoms with van der Waals surface area (Å²) in [5.41, 5.74) is 7.47. The summed E-state index contributed by atoms with van der Waals surface area (Å²) in [7, 11) is 0. The predicted octanol–water partition coefficient (Wildman–Crippen LogP) is 5.28. The summed E-state index contributed by atoms with van der Waals surface area (Å²) in [6.07, 6.45) is 6.22. The fourth-order valence-electron chi connectivity index (χ4n) is 3.32. The first kappa shape index (κ1) is 14.8. The molecule has 2 aromatic carbocycles. The fourth-order valence-corrected chi connectivity index (χ4v) is 3.78. The molecule has 3 rings (SSSR count). The zero-order chi connectivity index (χ0) is 14.7. The van der Waals surface area contributed by atoms with Crippen LogP contribution in [-0.2, 0) is 25.7 Å². The monoisotopic (exact) mass is 342 g/mol. The number of aryl methyl sites for hydroxylation is 3. The average molecular weight is 343 g/mol. The van der Waals surface area contributed by atoms with Crippen LogP contribution in [0.3, 0.4) is 0 Å².